The Bertz CT molecular complexity index is 366. The molecular formula is C10H12N2OS2. The number of hydrogen-bond acceptors (Lipinski definition) is 4. The van der Waals surface area contributed by atoms with Crippen molar-refractivity contribution < 1.29 is 5.11 Å². The molecule has 0 heterocycles. The first-order valence-electron chi connectivity index (χ1n) is 4.48. The number of hydrazone groups is 1. The second-order valence-corrected chi connectivity index (χ2v) is 4.59. The molecule has 15 heavy (non-hydrogen) atoms. The minimum Gasteiger partial charge on any atom is -0.507 e. The molecule has 1 aromatic rings. The Morgan fingerprint density at radius 1 is 1.60 bits per heavy atom. The lowest BCUT2D eigenvalue weighted by Gasteiger charge is -1.99. The number of nitrogens with zero attached hydrogens (tertiary/aromatic N) is 1. The second kappa shape index (κ2) is 6.42. The van der Waals surface area contributed by atoms with Crippen LogP contribution in [0.5, 0.6) is 5.75 Å². The van der Waals surface area contributed by atoms with Crippen LogP contribution < -0.4 is 5.43 Å². The Kier molecular flexibility index (Phi) is 5.14. The molecule has 2 N–H and O–H groups in total. The minimum atomic E-state index is 0.206. The number of benzene rings is 1. The van der Waals surface area contributed by atoms with E-state index in [1.54, 1.807) is 18.2 Å². The highest BCUT2D eigenvalue weighted by atomic mass is 32.2. The summed E-state index contributed by atoms with van der Waals surface area (Å²) in [6.45, 7) is 2.02. The van der Waals surface area contributed by atoms with Crippen molar-refractivity contribution in [3.63, 3.8) is 0 Å². The molecule has 0 radical (unpaired) electrons. The van der Waals surface area contributed by atoms with Crippen LogP contribution in [0.4, 0.5) is 0 Å². The second-order valence-electron chi connectivity index (χ2n) is 2.65. The van der Waals surface area contributed by atoms with Crippen molar-refractivity contribution in [3.8, 4) is 5.75 Å². The van der Waals surface area contributed by atoms with Crippen LogP contribution in [0.3, 0.4) is 0 Å². The Labute approximate surface area is 98.6 Å². The van der Waals surface area contributed by atoms with Gasteiger partial charge in [0.2, 0.25) is 0 Å². The standard InChI is InChI=1S/C10H12N2OS2/c1-2-15-10(14)12-11-7-8-5-3-4-6-9(8)13/h3-7,13H,2H2,1H3,(H,12,14)/b11-7+. The fourth-order valence-corrected chi connectivity index (χ4v) is 1.70. The third-order valence-corrected chi connectivity index (χ3v) is 2.66. The van der Waals surface area contributed by atoms with Gasteiger partial charge in [-0.3, -0.25) is 5.43 Å². The van der Waals surface area contributed by atoms with Crippen molar-refractivity contribution in [2.45, 2.75) is 6.92 Å². The van der Waals surface area contributed by atoms with Crippen molar-refractivity contribution in [3.05, 3.63) is 29.8 Å². The predicted octanol–water partition coefficient (Wildman–Crippen LogP) is 2.35. The van der Waals surface area contributed by atoms with E-state index in [0.717, 1.165) is 5.75 Å². The van der Waals surface area contributed by atoms with Crippen LogP contribution in [0, 0.1) is 0 Å². The largest absolute Gasteiger partial charge is 0.507 e. The zero-order valence-electron chi connectivity index (χ0n) is 8.30. The van der Waals surface area contributed by atoms with Gasteiger partial charge in [-0.2, -0.15) is 5.10 Å². The molecule has 1 aromatic carbocycles. The van der Waals surface area contributed by atoms with Gasteiger partial charge in [-0.05, 0) is 17.9 Å². The summed E-state index contributed by atoms with van der Waals surface area (Å²) in [4.78, 5) is 0. The number of nitrogens with one attached hydrogen (secondary N) is 1. The zero-order chi connectivity index (χ0) is 11.1. The molecule has 0 saturated carbocycles. The van der Waals surface area contributed by atoms with Gasteiger partial charge in [-0.15, -0.1) is 0 Å². The molecule has 5 heteroatoms. The van der Waals surface area contributed by atoms with Gasteiger partial charge in [0.15, 0.2) is 4.32 Å². The average molecular weight is 240 g/mol. The van der Waals surface area contributed by atoms with Gasteiger partial charge in [-0.25, -0.2) is 0 Å². The van der Waals surface area contributed by atoms with E-state index in [-0.39, 0.29) is 5.75 Å². The fraction of sp³-hybridized carbons (Fsp3) is 0.200. The van der Waals surface area contributed by atoms with Crippen molar-refractivity contribution in [1.82, 2.24) is 5.43 Å². The molecule has 0 spiro atoms. The van der Waals surface area contributed by atoms with Crippen molar-refractivity contribution in [1.29, 1.82) is 0 Å². The number of rotatable bonds is 3. The Hall–Kier alpha value is -1.07. The van der Waals surface area contributed by atoms with Gasteiger partial charge < -0.3 is 5.11 Å². The number of thiocarbonyl (C=S) groups is 1. The molecule has 0 aliphatic carbocycles. The molecule has 80 valence electrons. The van der Waals surface area contributed by atoms with Crippen LogP contribution >= 0.6 is 24.0 Å². The van der Waals surface area contributed by atoms with Gasteiger partial charge >= 0.3 is 0 Å². The Morgan fingerprint density at radius 2 is 2.33 bits per heavy atom. The Balaban J connectivity index is 2.52. The molecule has 0 unspecified atom stereocenters. The van der Waals surface area contributed by atoms with Crippen molar-refractivity contribution in [2.75, 3.05) is 5.75 Å². The van der Waals surface area contributed by atoms with E-state index >= 15 is 0 Å². The maximum absolute atomic E-state index is 9.42. The summed E-state index contributed by atoms with van der Waals surface area (Å²) >= 11 is 6.49. The first-order chi connectivity index (χ1) is 7.24. The first-order valence-corrected chi connectivity index (χ1v) is 5.87. The van der Waals surface area contributed by atoms with Crippen molar-refractivity contribution >= 4 is 34.5 Å². The Morgan fingerprint density at radius 3 is 3.00 bits per heavy atom. The predicted molar refractivity (Wildman–Crippen MR) is 69.6 cm³/mol. The lowest BCUT2D eigenvalue weighted by molar-refractivity contribution is 0.474. The SMILES string of the molecule is CCSC(=S)N/N=C/c1ccccc1O. The van der Waals surface area contributed by atoms with E-state index in [2.05, 4.69) is 10.5 Å². The van der Waals surface area contributed by atoms with Gasteiger partial charge in [0.1, 0.15) is 5.75 Å². The van der Waals surface area contributed by atoms with Crippen LogP contribution in [-0.2, 0) is 0 Å². The van der Waals surface area contributed by atoms with Crippen molar-refractivity contribution in [2.24, 2.45) is 5.10 Å². The normalized spacial score (nSPS) is 10.5. The van der Waals surface area contributed by atoms with Gasteiger partial charge in [0.05, 0.1) is 6.21 Å². The number of aromatic hydroxyl groups is 1. The highest BCUT2D eigenvalue weighted by Gasteiger charge is 1.95. The zero-order valence-corrected chi connectivity index (χ0v) is 9.94. The van der Waals surface area contributed by atoms with E-state index in [9.17, 15) is 5.11 Å². The number of hydrogen-bond donors (Lipinski definition) is 2. The fourth-order valence-electron chi connectivity index (χ4n) is 0.915. The highest BCUT2D eigenvalue weighted by molar-refractivity contribution is 8.22. The molecule has 3 nitrogen and oxygen atoms in total. The van der Waals surface area contributed by atoms with Crippen LogP contribution in [0.25, 0.3) is 0 Å². The van der Waals surface area contributed by atoms with Crippen LogP contribution in [0.1, 0.15) is 12.5 Å². The summed E-state index contributed by atoms with van der Waals surface area (Å²) in [6, 6.07) is 6.98. The third-order valence-electron chi connectivity index (χ3n) is 1.57. The molecule has 0 atom stereocenters. The monoisotopic (exact) mass is 240 g/mol. The molecule has 0 aromatic heterocycles. The molecular weight excluding hydrogens is 228 g/mol. The summed E-state index contributed by atoms with van der Waals surface area (Å²) in [5.74, 6) is 1.12. The molecule has 0 saturated heterocycles. The van der Waals surface area contributed by atoms with E-state index in [1.807, 2.05) is 13.0 Å². The molecule has 0 aliphatic heterocycles. The first kappa shape index (κ1) is 12.0. The van der Waals surface area contributed by atoms with Gasteiger partial charge in [0, 0.05) is 5.56 Å². The quantitative estimate of drug-likeness (QED) is 0.483. The molecule has 0 amide bonds. The maximum atomic E-state index is 9.42. The van der Waals surface area contributed by atoms with E-state index in [0.29, 0.717) is 9.88 Å². The van der Waals surface area contributed by atoms with Crippen LogP contribution in [0.2, 0.25) is 0 Å². The minimum absolute atomic E-state index is 0.206. The van der Waals surface area contributed by atoms with E-state index in [4.69, 9.17) is 12.2 Å². The van der Waals surface area contributed by atoms with E-state index < -0.39 is 0 Å². The lowest BCUT2D eigenvalue weighted by Crippen LogP contribution is -2.11. The number of para-hydroxylation sites is 1. The molecule has 0 aliphatic rings. The number of thioether (sulfide) groups is 1. The average Bonchev–Trinajstić information content (AvgIpc) is 2.21. The van der Waals surface area contributed by atoms with E-state index in [1.165, 1.54) is 18.0 Å². The molecule has 0 bridgehead atoms. The summed E-state index contributed by atoms with van der Waals surface area (Å²) in [6.07, 6.45) is 1.54. The van der Waals surface area contributed by atoms with Crippen LogP contribution in [-0.4, -0.2) is 21.4 Å². The molecule has 1 rings (SSSR count). The number of phenolic OH excluding ortho intramolecular Hbond substituents is 1. The summed E-state index contributed by atoms with van der Waals surface area (Å²) in [7, 11) is 0. The highest BCUT2D eigenvalue weighted by Crippen LogP contribution is 2.12. The summed E-state index contributed by atoms with van der Waals surface area (Å²) < 4.78 is 0.629. The summed E-state index contributed by atoms with van der Waals surface area (Å²) in [5.41, 5.74) is 3.37. The third kappa shape index (κ3) is 4.31. The topological polar surface area (TPSA) is 44.6 Å². The lowest BCUT2D eigenvalue weighted by atomic mass is 10.2. The molecule has 0 fully saturated rings. The van der Waals surface area contributed by atoms with Gasteiger partial charge in [-0.1, -0.05) is 43.0 Å². The number of phenols is 1. The van der Waals surface area contributed by atoms with Gasteiger partial charge in [0.25, 0.3) is 0 Å². The maximum Gasteiger partial charge on any atom is 0.154 e. The summed E-state index contributed by atoms with van der Waals surface area (Å²) in [5, 5.41) is 13.3. The van der Waals surface area contributed by atoms with Crippen LogP contribution in [0.15, 0.2) is 29.4 Å². The smallest absolute Gasteiger partial charge is 0.154 e.